The molecule has 0 saturated heterocycles. The minimum absolute atomic E-state index is 0.316. The molecule has 1 aromatic carbocycles. The third kappa shape index (κ3) is 2.35. The van der Waals surface area contributed by atoms with Gasteiger partial charge in [-0.2, -0.15) is 4.99 Å². The van der Waals surface area contributed by atoms with Gasteiger partial charge in [-0.1, -0.05) is 12.1 Å². The number of carbonyl (C=O) groups is 1. The molecule has 1 aromatic rings. The molecule has 1 aliphatic heterocycles. The van der Waals surface area contributed by atoms with E-state index in [2.05, 4.69) is 43.4 Å². The molecule has 1 unspecified atom stereocenters. The van der Waals surface area contributed by atoms with E-state index in [1.54, 1.807) is 11.0 Å². The summed E-state index contributed by atoms with van der Waals surface area (Å²) in [5.74, 6) is 0.316. The number of halogens is 2. The number of nitrogens with zero attached hydrogens (tertiary/aromatic N) is 2. The van der Waals surface area contributed by atoms with Crippen molar-refractivity contribution < 1.29 is 4.79 Å². The van der Waals surface area contributed by atoms with E-state index < -0.39 is 0 Å². The average molecular weight is 373 g/mol. The fraction of sp³-hybridized carbons (Fsp3) is 0.167. The van der Waals surface area contributed by atoms with Crippen LogP contribution in [0.4, 0.5) is 4.79 Å². The van der Waals surface area contributed by atoms with Crippen LogP contribution in [0.5, 0.6) is 0 Å². The Bertz CT molecular complexity index is 542. The van der Waals surface area contributed by atoms with Crippen molar-refractivity contribution in [2.75, 3.05) is 6.54 Å². The molecule has 1 atom stereocenters. The number of urea groups is 1. The normalized spacial score (nSPS) is 19.0. The molecule has 4 nitrogen and oxygen atoms in total. The van der Waals surface area contributed by atoms with Crippen LogP contribution in [0.3, 0.4) is 0 Å². The number of benzene rings is 1. The molecule has 2 amide bonds. The number of aliphatic imine (C=N–C) groups is 1. The molecule has 2 N–H and O–H groups in total. The summed E-state index contributed by atoms with van der Waals surface area (Å²) in [4.78, 5) is 17.1. The van der Waals surface area contributed by atoms with Crippen LogP contribution in [0, 0.1) is 0 Å². The molecule has 0 aromatic heterocycles. The fourth-order valence-electron chi connectivity index (χ4n) is 1.86. The lowest BCUT2D eigenvalue weighted by molar-refractivity contribution is 0.213. The van der Waals surface area contributed by atoms with Crippen molar-refractivity contribution in [1.82, 2.24) is 4.90 Å². The monoisotopic (exact) mass is 371 g/mol. The van der Waals surface area contributed by atoms with Crippen molar-refractivity contribution >= 4 is 43.7 Å². The van der Waals surface area contributed by atoms with Crippen LogP contribution in [0.1, 0.15) is 11.6 Å². The Hall–Kier alpha value is -1.14. The van der Waals surface area contributed by atoms with Crippen LogP contribution in [-0.2, 0) is 0 Å². The first kappa shape index (κ1) is 13.3. The third-order valence-electron chi connectivity index (χ3n) is 2.65. The molecule has 18 heavy (non-hydrogen) atoms. The number of hydrogen-bond donors (Lipinski definition) is 1. The van der Waals surface area contributed by atoms with Crippen LogP contribution in [0.25, 0.3) is 0 Å². The van der Waals surface area contributed by atoms with E-state index in [-0.39, 0.29) is 12.1 Å². The van der Waals surface area contributed by atoms with Gasteiger partial charge in [-0.25, -0.2) is 4.79 Å². The molecular weight excluding hydrogens is 362 g/mol. The smallest absolute Gasteiger partial charge is 0.346 e. The molecule has 0 radical (unpaired) electrons. The molecule has 0 aliphatic carbocycles. The Morgan fingerprint density at radius 2 is 2.17 bits per heavy atom. The van der Waals surface area contributed by atoms with E-state index in [9.17, 15) is 4.79 Å². The highest BCUT2D eigenvalue weighted by atomic mass is 79.9. The van der Waals surface area contributed by atoms with Gasteiger partial charge >= 0.3 is 6.03 Å². The van der Waals surface area contributed by atoms with Gasteiger partial charge in [-0.15, -0.1) is 6.58 Å². The van der Waals surface area contributed by atoms with Gasteiger partial charge in [0.25, 0.3) is 0 Å². The molecule has 2 rings (SSSR count). The van der Waals surface area contributed by atoms with Crippen molar-refractivity contribution in [3.8, 4) is 0 Å². The zero-order valence-corrected chi connectivity index (χ0v) is 12.6. The summed E-state index contributed by atoms with van der Waals surface area (Å²) in [6.45, 7) is 4.06. The molecule has 0 spiro atoms. The summed E-state index contributed by atoms with van der Waals surface area (Å²) in [5, 5.41) is 0. The number of hydrogen-bond acceptors (Lipinski definition) is 2. The summed E-state index contributed by atoms with van der Waals surface area (Å²) in [7, 11) is 0. The fourth-order valence-corrected chi connectivity index (χ4v) is 2.50. The lowest BCUT2D eigenvalue weighted by atomic mass is 10.1. The van der Waals surface area contributed by atoms with E-state index in [0.29, 0.717) is 12.4 Å². The first-order valence-electron chi connectivity index (χ1n) is 5.25. The van der Waals surface area contributed by atoms with Crippen molar-refractivity contribution in [3.05, 3.63) is 45.4 Å². The predicted octanol–water partition coefficient (Wildman–Crippen LogP) is 3.23. The van der Waals surface area contributed by atoms with Crippen molar-refractivity contribution in [2.24, 2.45) is 10.7 Å². The second kappa shape index (κ2) is 5.24. The quantitative estimate of drug-likeness (QED) is 0.828. The Morgan fingerprint density at radius 3 is 2.78 bits per heavy atom. The molecule has 1 aliphatic rings. The van der Waals surface area contributed by atoms with E-state index in [4.69, 9.17) is 5.73 Å². The van der Waals surface area contributed by atoms with Crippen LogP contribution in [-0.4, -0.2) is 23.3 Å². The molecule has 0 bridgehead atoms. The second-order valence-electron chi connectivity index (χ2n) is 3.84. The molecule has 6 heteroatoms. The van der Waals surface area contributed by atoms with E-state index in [0.717, 1.165) is 14.5 Å². The Kier molecular flexibility index (Phi) is 3.87. The Labute approximate surface area is 122 Å². The highest BCUT2D eigenvalue weighted by Gasteiger charge is 2.33. The summed E-state index contributed by atoms with van der Waals surface area (Å²) >= 11 is 6.84. The van der Waals surface area contributed by atoms with Crippen molar-refractivity contribution in [3.63, 3.8) is 0 Å². The van der Waals surface area contributed by atoms with Gasteiger partial charge < -0.3 is 10.6 Å². The van der Waals surface area contributed by atoms with Crippen molar-refractivity contribution in [1.29, 1.82) is 0 Å². The maximum absolute atomic E-state index is 11.7. The minimum atomic E-state index is -0.323. The topological polar surface area (TPSA) is 58.7 Å². The van der Waals surface area contributed by atoms with Crippen LogP contribution in [0.15, 0.2) is 44.8 Å². The second-order valence-corrected chi connectivity index (χ2v) is 5.55. The molecule has 94 valence electrons. The standard InChI is InChI=1S/C12H11Br2N3O/c1-2-5-17-10(11(15)16-12(17)18)7-3-4-8(13)9(14)6-7/h2-4,6,10H,1,5H2,(H2,15,16,18). The van der Waals surface area contributed by atoms with Crippen molar-refractivity contribution in [2.45, 2.75) is 6.04 Å². The van der Waals surface area contributed by atoms with Crippen LogP contribution < -0.4 is 5.73 Å². The zero-order valence-electron chi connectivity index (χ0n) is 9.44. The Morgan fingerprint density at radius 1 is 1.44 bits per heavy atom. The lowest BCUT2D eigenvalue weighted by Gasteiger charge is -2.23. The lowest BCUT2D eigenvalue weighted by Crippen LogP contribution is -2.33. The van der Waals surface area contributed by atoms with E-state index >= 15 is 0 Å². The summed E-state index contributed by atoms with van der Waals surface area (Å²) in [5.41, 5.74) is 6.75. The predicted molar refractivity (Wildman–Crippen MR) is 78.5 cm³/mol. The van der Waals surface area contributed by atoms with Gasteiger partial charge in [-0.3, -0.25) is 0 Å². The van der Waals surface area contributed by atoms with Gasteiger partial charge in [0.15, 0.2) is 0 Å². The first-order chi connectivity index (χ1) is 8.54. The van der Waals surface area contributed by atoms with E-state index in [1.807, 2.05) is 18.2 Å². The number of rotatable bonds is 3. The third-order valence-corrected chi connectivity index (χ3v) is 4.53. The number of amides is 2. The average Bonchev–Trinajstić information content (AvgIpc) is 2.59. The van der Waals surface area contributed by atoms with Crippen LogP contribution >= 0.6 is 31.9 Å². The minimum Gasteiger partial charge on any atom is -0.385 e. The summed E-state index contributed by atoms with van der Waals surface area (Å²) in [6, 6.07) is 5.10. The highest BCUT2D eigenvalue weighted by Crippen LogP contribution is 2.31. The number of nitrogens with two attached hydrogens (primary N) is 1. The molecule has 1 heterocycles. The summed E-state index contributed by atoms with van der Waals surface area (Å²) < 4.78 is 1.85. The highest BCUT2D eigenvalue weighted by molar-refractivity contribution is 9.13. The Balaban J connectivity index is 2.40. The molecule has 0 fully saturated rings. The maximum Gasteiger partial charge on any atom is 0.346 e. The largest absolute Gasteiger partial charge is 0.385 e. The van der Waals surface area contributed by atoms with Crippen LogP contribution in [0.2, 0.25) is 0 Å². The molecule has 0 saturated carbocycles. The molecular formula is C12H11Br2N3O. The zero-order chi connectivity index (χ0) is 13.3. The van der Waals surface area contributed by atoms with E-state index in [1.165, 1.54) is 0 Å². The number of amidine groups is 1. The maximum atomic E-state index is 11.7. The SMILES string of the molecule is C=CCN1C(=O)N=C(N)C1c1ccc(Br)c(Br)c1. The van der Waals surface area contributed by atoms with Gasteiger partial charge in [0.05, 0.1) is 0 Å². The van der Waals surface area contributed by atoms with Gasteiger partial charge in [0, 0.05) is 15.5 Å². The number of carbonyl (C=O) groups excluding carboxylic acids is 1. The van der Waals surface area contributed by atoms with Gasteiger partial charge in [0.2, 0.25) is 0 Å². The first-order valence-corrected chi connectivity index (χ1v) is 6.83. The van der Waals surface area contributed by atoms with Gasteiger partial charge in [-0.05, 0) is 49.6 Å². The summed E-state index contributed by atoms with van der Waals surface area (Å²) in [6.07, 6.45) is 1.66. The van der Waals surface area contributed by atoms with Gasteiger partial charge in [0.1, 0.15) is 11.9 Å².